The van der Waals surface area contributed by atoms with Crippen LogP contribution < -0.4 is 15.4 Å². The predicted molar refractivity (Wildman–Crippen MR) is 132 cm³/mol. The molecule has 0 fully saturated rings. The Balaban J connectivity index is 1.49. The molecule has 8 heteroatoms. The van der Waals surface area contributed by atoms with Gasteiger partial charge in [-0.05, 0) is 56.0 Å². The zero-order valence-corrected chi connectivity index (χ0v) is 20.5. The fourth-order valence-electron chi connectivity index (χ4n) is 5.06. The Labute approximate surface area is 210 Å². The third-order valence-corrected chi connectivity index (χ3v) is 7.07. The van der Waals surface area contributed by atoms with Crippen molar-refractivity contribution in [1.29, 1.82) is 0 Å². The van der Waals surface area contributed by atoms with E-state index in [-0.39, 0.29) is 23.9 Å². The molecule has 0 saturated heterocycles. The Hall–Kier alpha value is -3.26. The fraction of sp³-hybridized carbons (Fsp3) is 0.296. The average molecular weight is 539 g/mol. The highest BCUT2D eigenvalue weighted by molar-refractivity contribution is 9.10. The van der Waals surface area contributed by atoms with Crippen LogP contribution in [0.15, 0.2) is 69.5 Å². The number of benzene rings is 2. The third-order valence-electron chi connectivity index (χ3n) is 6.58. The number of carbonyl (C=O) groups excluding carboxylic acids is 3. The van der Waals surface area contributed by atoms with Crippen LogP contribution in [-0.2, 0) is 14.4 Å². The molecule has 5 rings (SSSR count). The van der Waals surface area contributed by atoms with Gasteiger partial charge in [0.05, 0.1) is 5.69 Å². The maximum Gasteiger partial charge on any atom is 0.262 e. The van der Waals surface area contributed by atoms with E-state index in [1.54, 1.807) is 24.3 Å². The molecule has 0 spiro atoms. The smallest absolute Gasteiger partial charge is 0.262 e. The van der Waals surface area contributed by atoms with Gasteiger partial charge in [-0.1, -0.05) is 28.1 Å². The lowest BCUT2D eigenvalue weighted by molar-refractivity contribution is -0.119. The Morgan fingerprint density at radius 3 is 2.31 bits per heavy atom. The molecule has 0 aromatic heterocycles. The number of hydrogen-bond donors (Lipinski definition) is 2. The number of ketones is 2. The van der Waals surface area contributed by atoms with Crippen LogP contribution >= 0.6 is 15.9 Å². The largest absolute Gasteiger partial charge is 0.483 e. The summed E-state index contributed by atoms with van der Waals surface area (Å²) in [5.41, 5.74) is 3.71. The van der Waals surface area contributed by atoms with Crippen LogP contribution in [0.3, 0.4) is 0 Å². The second kappa shape index (κ2) is 9.77. The van der Waals surface area contributed by atoms with Crippen molar-refractivity contribution in [3.63, 3.8) is 0 Å². The SMILES string of the molecule is O=C(COc1ccc(Br)cc1C1C2=C(CCCC2=O)NC2=C1C(=O)CCC2)Nc1ccccc1F. The first-order chi connectivity index (χ1) is 16.9. The number of para-hydroxylation sites is 1. The fourth-order valence-corrected chi connectivity index (χ4v) is 5.44. The maximum absolute atomic E-state index is 13.9. The molecule has 1 heterocycles. The number of allylic oxidation sites excluding steroid dienone is 4. The summed E-state index contributed by atoms with van der Waals surface area (Å²) in [6, 6.07) is 11.3. The molecule has 180 valence electrons. The first-order valence-electron chi connectivity index (χ1n) is 11.7. The van der Waals surface area contributed by atoms with Crippen LogP contribution in [0.2, 0.25) is 0 Å². The summed E-state index contributed by atoms with van der Waals surface area (Å²) in [7, 11) is 0. The number of carbonyl (C=O) groups is 3. The van der Waals surface area contributed by atoms with E-state index in [4.69, 9.17) is 4.74 Å². The lowest BCUT2D eigenvalue weighted by atomic mass is 9.71. The summed E-state index contributed by atoms with van der Waals surface area (Å²) in [5, 5.41) is 5.91. The second-order valence-electron chi connectivity index (χ2n) is 8.89. The number of dihydropyridines is 1. The monoisotopic (exact) mass is 538 g/mol. The highest BCUT2D eigenvalue weighted by atomic mass is 79.9. The normalized spacial score (nSPS) is 18.1. The van der Waals surface area contributed by atoms with Gasteiger partial charge in [0.15, 0.2) is 18.2 Å². The first-order valence-corrected chi connectivity index (χ1v) is 12.5. The van der Waals surface area contributed by atoms with Gasteiger partial charge in [-0.15, -0.1) is 0 Å². The van der Waals surface area contributed by atoms with Gasteiger partial charge in [-0.25, -0.2) is 4.39 Å². The van der Waals surface area contributed by atoms with Gasteiger partial charge in [0.2, 0.25) is 0 Å². The predicted octanol–water partition coefficient (Wildman–Crippen LogP) is 5.31. The van der Waals surface area contributed by atoms with Gasteiger partial charge in [-0.2, -0.15) is 0 Å². The summed E-state index contributed by atoms with van der Waals surface area (Å²) in [6.07, 6.45) is 3.90. The number of amides is 1. The van der Waals surface area contributed by atoms with E-state index >= 15 is 0 Å². The highest BCUT2D eigenvalue weighted by Crippen LogP contribution is 2.48. The van der Waals surface area contributed by atoms with E-state index < -0.39 is 17.6 Å². The van der Waals surface area contributed by atoms with E-state index in [0.717, 1.165) is 41.6 Å². The van der Waals surface area contributed by atoms with E-state index in [0.29, 0.717) is 35.3 Å². The van der Waals surface area contributed by atoms with Crippen molar-refractivity contribution in [2.75, 3.05) is 11.9 Å². The number of Topliss-reactive ketones (excluding diaryl/α,β-unsaturated/α-hetero) is 2. The molecule has 0 bridgehead atoms. The van der Waals surface area contributed by atoms with Gasteiger partial charge in [-0.3, -0.25) is 14.4 Å². The lowest BCUT2D eigenvalue weighted by Gasteiger charge is -2.37. The number of rotatable bonds is 5. The Bertz CT molecular complexity index is 1260. The van der Waals surface area contributed by atoms with Crippen LogP contribution in [0.25, 0.3) is 0 Å². The molecule has 6 nitrogen and oxygen atoms in total. The van der Waals surface area contributed by atoms with Crippen molar-refractivity contribution in [2.24, 2.45) is 0 Å². The Morgan fingerprint density at radius 2 is 1.66 bits per heavy atom. The van der Waals surface area contributed by atoms with Crippen LogP contribution in [0.4, 0.5) is 10.1 Å². The maximum atomic E-state index is 13.9. The summed E-state index contributed by atoms with van der Waals surface area (Å²) in [6.45, 7) is -0.354. The lowest BCUT2D eigenvalue weighted by Crippen LogP contribution is -2.36. The molecule has 2 aromatic rings. The molecule has 0 saturated carbocycles. The quantitative estimate of drug-likeness (QED) is 0.539. The summed E-state index contributed by atoms with van der Waals surface area (Å²) in [5.74, 6) is -1.15. The zero-order chi connectivity index (χ0) is 24.5. The topological polar surface area (TPSA) is 84.5 Å². The van der Waals surface area contributed by atoms with Crippen molar-refractivity contribution >= 4 is 39.1 Å². The minimum absolute atomic E-state index is 0.0249. The van der Waals surface area contributed by atoms with Crippen molar-refractivity contribution < 1.29 is 23.5 Å². The molecule has 3 aliphatic rings. The van der Waals surface area contributed by atoms with Crippen LogP contribution in [0.5, 0.6) is 5.75 Å². The second-order valence-corrected chi connectivity index (χ2v) is 9.81. The molecule has 2 N–H and O–H groups in total. The van der Waals surface area contributed by atoms with Crippen molar-refractivity contribution in [1.82, 2.24) is 5.32 Å². The molecule has 35 heavy (non-hydrogen) atoms. The molecule has 0 atom stereocenters. The molecule has 2 aliphatic carbocycles. The first kappa shape index (κ1) is 23.5. The summed E-state index contributed by atoms with van der Waals surface area (Å²) >= 11 is 3.51. The van der Waals surface area contributed by atoms with E-state index in [1.807, 2.05) is 6.07 Å². The van der Waals surface area contributed by atoms with Gasteiger partial charge in [0.1, 0.15) is 11.6 Å². The van der Waals surface area contributed by atoms with Gasteiger partial charge >= 0.3 is 0 Å². The van der Waals surface area contributed by atoms with Crippen LogP contribution in [0.1, 0.15) is 50.0 Å². The number of anilines is 1. The van der Waals surface area contributed by atoms with Crippen LogP contribution in [0, 0.1) is 5.82 Å². The van der Waals surface area contributed by atoms with Crippen molar-refractivity contribution in [2.45, 2.75) is 44.4 Å². The average Bonchev–Trinajstić information content (AvgIpc) is 2.84. The number of ether oxygens (including phenoxy) is 1. The Kier molecular flexibility index (Phi) is 6.56. The molecule has 1 amide bonds. The minimum Gasteiger partial charge on any atom is -0.483 e. The van der Waals surface area contributed by atoms with Gasteiger partial charge in [0, 0.05) is 51.3 Å². The van der Waals surface area contributed by atoms with E-state index in [2.05, 4.69) is 26.6 Å². The summed E-state index contributed by atoms with van der Waals surface area (Å²) in [4.78, 5) is 38.7. The van der Waals surface area contributed by atoms with E-state index in [9.17, 15) is 18.8 Å². The van der Waals surface area contributed by atoms with Crippen molar-refractivity contribution in [3.05, 3.63) is 80.9 Å². The number of hydrogen-bond acceptors (Lipinski definition) is 5. The number of nitrogens with one attached hydrogen (secondary N) is 2. The summed E-state index contributed by atoms with van der Waals surface area (Å²) < 4.78 is 20.6. The highest BCUT2D eigenvalue weighted by Gasteiger charge is 2.41. The standard InChI is InChI=1S/C27H24BrFN2O4/c28-15-11-12-23(35-14-24(34)31-18-6-2-1-5-17(18)29)16(13-15)25-26-19(7-3-9-21(26)32)30-20-8-4-10-22(33)27(20)25/h1-2,5-6,11-13,25,30H,3-4,7-10,14H2,(H,31,34). The molecular weight excluding hydrogens is 515 g/mol. The molecule has 2 aromatic carbocycles. The molecule has 0 unspecified atom stereocenters. The molecular formula is C27H24BrFN2O4. The molecule has 0 radical (unpaired) electrons. The third kappa shape index (κ3) is 4.67. The Morgan fingerprint density at radius 1 is 1.00 bits per heavy atom. The van der Waals surface area contributed by atoms with Gasteiger partial charge < -0.3 is 15.4 Å². The van der Waals surface area contributed by atoms with Crippen LogP contribution in [-0.4, -0.2) is 24.1 Å². The minimum atomic E-state index is -0.552. The number of halogens is 2. The molecule has 1 aliphatic heterocycles. The van der Waals surface area contributed by atoms with Crippen molar-refractivity contribution in [3.8, 4) is 5.75 Å². The van der Waals surface area contributed by atoms with E-state index in [1.165, 1.54) is 12.1 Å². The van der Waals surface area contributed by atoms with Gasteiger partial charge in [0.25, 0.3) is 5.91 Å². The zero-order valence-electron chi connectivity index (χ0n) is 19.0.